The van der Waals surface area contributed by atoms with Gasteiger partial charge in [-0.1, -0.05) is 23.7 Å². The highest BCUT2D eigenvalue weighted by Gasteiger charge is 2.68. The molecule has 0 aliphatic heterocycles. The van der Waals surface area contributed by atoms with E-state index in [1.807, 2.05) is 0 Å². The summed E-state index contributed by atoms with van der Waals surface area (Å²) in [5.74, 6) is -2.66. The van der Waals surface area contributed by atoms with Crippen LogP contribution in [0.4, 0.5) is 8.78 Å². The minimum absolute atomic E-state index is 0.0425. The third-order valence-electron chi connectivity index (χ3n) is 5.30. The van der Waals surface area contributed by atoms with Crippen molar-refractivity contribution in [2.24, 2.45) is 5.92 Å². The van der Waals surface area contributed by atoms with Gasteiger partial charge in [-0.3, -0.25) is 9.59 Å². The van der Waals surface area contributed by atoms with E-state index in [1.54, 1.807) is 12.1 Å². The lowest BCUT2D eigenvalue weighted by atomic mass is 9.63. The number of hydrogen-bond acceptors (Lipinski definition) is 4. The number of ether oxygens (including phenoxy) is 1. The zero-order chi connectivity index (χ0) is 17.7. The van der Waals surface area contributed by atoms with Gasteiger partial charge in [0.1, 0.15) is 11.7 Å². The van der Waals surface area contributed by atoms with Gasteiger partial charge in [0.2, 0.25) is 0 Å². The van der Waals surface area contributed by atoms with E-state index in [2.05, 4.69) is 0 Å². The second kappa shape index (κ2) is 5.77. The minimum Gasteiger partial charge on any atom is -0.469 e. The van der Waals surface area contributed by atoms with Crippen LogP contribution < -0.4 is 0 Å². The first-order chi connectivity index (χ1) is 11.3. The zero-order valence-corrected chi connectivity index (χ0v) is 13.8. The smallest absolute Gasteiger partial charge is 0.313 e. The maximum atomic E-state index is 14.0. The second-order valence-electron chi connectivity index (χ2n) is 6.47. The fourth-order valence-electron chi connectivity index (χ4n) is 4.43. The van der Waals surface area contributed by atoms with E-state index < -0.39 is 29.3 Å². The Morgan fingerprint density at radius 3 is 2.75 bits per heavy atom. The van der Waals surface area contributed by atoms with Gasteiger partial charge in [0.25, 0.3) is 6.43 Å². The summed E-state index contributed by atoms with van der Waals surface area (Å²) in [6.45, 7) is 0. The van der Waals surface area contributed by atoms with Crippen molar-refractivity contribution >= 4 is 23.4 Å². The Bertz CT molecular complexity index is 708. The molecule has 2 unspecified atom stereocenters. The van der Waals surface area contributed by atoms with Crippen molar-refractivity contribution in [3.05, 3.63) is 34.3 Å². The van der Waals surface area contributed by atoms with Gasteiger partial charge in [0, 0.05) is 28.8 Å². The van der Waals surface area contributed by atoms with Gasteiger partial charge in [-0.25, -0.2) is 8.78 Å². The Balaban J connectivity index is 2.34. The van der Waals surface area contributed by atoms with Gasteiger partial charge in [-0.2, -0.15) is 0 Å². The van der Waals surface area contributed by atoms with Crippen molar-refractivity contribution < 1.29 is 28.2 Å². The molecule has 1 spiro atoms. The molecule has 1 aromatic rings. The van der Waals surface area contributed by atoms with Crippen LogP contribution in [-0.2, 0) is 25.3 Å². The number of ketones is 1. The van der Waals surface area contributed by atoms with Crippen molar-refractivity contribution in [3.63, 3.8) is 0 Å². The molecular formula is C17H17ClF2O4. The average molecular weight is 359 g/mol. The molecule has 1 aromatic carbocycles. The van der Waals surface area contributed by atoms with Gasteiger partial charge < -0.3 is 9.84 Å². The minimum atomic E-state index is -3.25. The normalized spacial score (nSPS) is 32.2. The Hall–Kier alpha value is -1.53. The summed E-state index contributed by atoms with van der Waals surface area (Å²) in [4.78, 5) is 24.5. The molecule has 2 aliphatic rings. The van der Waals surface area contributed by atoms with E-state index in [0.29, 0.717) is 24.8 Å². The van der Waals surface area contributed by atoms with Gasteiger partial charge in [-0.15, -0.1) is 0 Å². The lowest BCUT2D eigenvalue weighted by Crippen LogP contribution is -2.51. The SMILES string of the molecule is COC(=O)C1C(O)(C(F)F)c2c(Cl)cccc2[C@@]12CCCC(=O)C2. The lowest BCUT2D eigenvalue weighted by Gasteiger charge is -2.40. The Kier molecular flexibility index (Phi) is 4.16. The molecule has 0 aromatic heterocycles. The standard InChI is InChI=1S/C17H17ClF2O4/c1-24-14(22)13-16(7-3-4-9(21)8-16)10-5-2-6-11(18)12(10)17(13,23)15(19)20/h2,5-6,13,15,23H,3-4,7-8H2,1H3/t13?,16-,17?/m0/s1. The van der Waals surface area contributed by atoms with E-state index >= 15 is 0 Å². The number of methoxy groups -OCH3 is 1. The highest BCUT2D eigenvalue weighted by Crippen LogP contribution is 2.61. The van der Waals surface area contributed by atoms with Gasteiger partial charge in [0.05, 0.1) is 7.11 Å². The number of alkyl halides is 2. The number of aliphatic hydroxyl groups is 1. The van der Waals surface area contributed by atoms with Crippen LogP contribution in [0.5, 0.6) is 0 Å². The molecule has 1 fully saturated rings. The summed E-state index contributed by atoms with van der Waals surface area (Å²) >= 11 is 6.12. The summed E-state index contributed by atoms with van der Waals surface area (Å²) in [5.41, 5.74) is -3.81. The lowest BCUT2D eigenvalue weighted by molar-refractivity contribution is -0.183. The molecule has 3 atom stereocenters. The summed E-state index contributed by atoms with van der Waals surface area (Å²) in [7, 11) is 1.08. The molecule has 130 valence electrons. The van der Waals surface area contributed by atoms with Crippen LogP contribution in [-0.4, -0.2) is 30.4 Å². The van der Waals surface area contributed by atoms with Crippen LogP contribution in [0.15, 0.2) is 18.2 Å². The number of carbonyl (C=O) groups excluding carboxylic acids is 2. The number of esters is 1. The van der Waals surface area contributed by atoms with Crippen LogP contribution >= 0.6 is 11.6 Å². The molecule has 4 nitrogen and oxygen atoms in total. The quantitative estimate of drug-likeness (QED) is 0.825. The summed E-state index contributed by atoms with van der Waals surface area (Å²) in [6.07, 6.45) is -2.22. The largest absolute Gasteiger partial charge is 0.469 e. The summed E-state index contributed by atoms with van der Waals surface area (Å²) in [5, 5.41) is 10.9. The van der Waals surface area contributed by atoms with Gasteiger partial charge >= 0.3 is 5.97 Å². The zero-order valence-electron chi connectivity index (χ0n) is 13.0. The van der Waals surface area contributed by atoms with Crippen molar-refractivity contribution in [2.45, 2.75) is 43.1 Å². The Morgan fingerprint density at radius 2 is 2.17 bits per heavy atom. The topological polar surface area (TPSA) is 63.6 Å². The third kappa shape index (κ3) is 2.12. The molecule has 2 aliphatic carbocycles. The first kappa shape index (κ1) is 17.3. The number of carbonyl (C=O) groups is 2. The number of fused-ring (bicyclic) bond motifs is 2. The number of hydrogen-bond donors (Lipinski definition) is 1. The highest BCUT2D eigenvalue weighted by atomic mass is 35.5. The maximum Gasteiger partial charge on any atom is 0.313 e. The molecule has 1 N–H and O–H groups in total. The van der Waals surface area contributed by atoms with Crippen molar-refractivity contribution in [1.82, 2.24) is 0 Å². The Morgan fingerprint density at radius 1 is 1.46 bits per heavy atom. The molecule has 0 heterocycles. The van der Waals surface area contributed by atoms with E-state index in [0.717, 1.165) is 7.11 Å². The fourth-order valence-corrected chi connectivity index (χ4v) is 4.76. The predicted molar refractivity (Wildman–Crippen MR) is 82.0 cm³/mol. The number of rotatable bonds is 2. The molecule has 0 radical (unpaired) electrons. The number of halogens is 3. The Labute approximate surface area is 142 Å². The highest BCUT2D eigenvalue weighted by molar-refractivity contribution is 6.31. The predicted octanol–water partition coefficient (Wildman–Crippen LogP) is 2.98. The molecule has 0 saturated heterocycles. The van der Waals surface area contributed by atoms with Crippen LogP contribution in [0.25, 0.3) is 0 Å². The van der Waals surface area contributed by atoms with Crippen LogP contribution in [0.3, 0.4) is 0 Å². The third-order valence-corrected chi connectivity index (χ3v) is 5.62. The van der Waals surface area contributed by atoms with Crippen LogP contribution in [0.2, 0.25) is 5.02 Å². The van der Waals surface area contributed by atoms with Crippen LogP contribution in [0.1, 0.15) is 36.8 Å². The molecule has 3 rings (SSSR count). The number of Topliss-reactive ketones (excluding diaryl/α,β-unsaturated/α-hetero) is 1. The average Bonchev–Trinajstić information content (AvgIpc) is 2.74. The van der Waals surface area contributed by atoms with E-state index in [-0.39, 0.29) is 22.8 Å². The monoisotopic (exact) mass is 358 g/mol. The van der Waals surface area contributed by atoms with E-state index in [1.165, 1.54) is 6.07 Å². The molecule has 24 heavy (non-hydrogen) atoms. The fraction of sp³-hybridized carbons (Fsp3) is 0.529. The number of benzene rings is 1. The van der Waals surface area contributed by atoms with Crippen molar-refractivity contribution in [1.29, 1.82) is 0 Å². The van der Waals surface area contributed by atoms with Crippen LogP contribution in [0, 0.1) is 5.92 Å². The van der Waals surface area contributed by atoms with E-state index in [9.17, 15) is 23.5 Å². The van der Waals surface area contributed by atoms with Crippen molar-refractivity contribution in [3.8, 4) is 0 Å². The van der Waals surface area contributed by atoms with E-state index in [4.69, 9.17) is 16.3 Å². The summed E-state index contributed by atoms with van der Waals surface area (Å²) < 4.78 is 32.7. The van der Waals surface area contributed by atoms with Crippen molar-refractivity contribution in [2.75, 3.05) is 7.11 Å². The molecular weight excluding hydrogens is 342 g/mol. The first-order valence-corrected chi connectivity index (χ1v) is 8.06. The molecule has 7 heteroatoms. The van der Waals surface area contributed by atoms with Gasteiger partial charge in [-0.05, 0) is 24.5 Å². The molecule has 0 bridgehead atoms. The molecule has 0 amide bonds. The van der Waals surface area contributed by atoms with Gasteiger partial charge in [0.15, 0.2) is 5.60 Å². The molecule has 1 saturated carbocycles. The first-order valence-electron chi connectivity index (χ1n) is 7.68. The summed E-state index contributed by atoms with van der Waals surface area (Å²) in [6, 6.07) is 4.54. The second-order valence-corrected chi connectivity index (χ2v) is 6.88. The maximum absolute atomic E-state index is 14.0.